The lowest BCUT2D eigenvalue weighted by atomic mass is 9.88. The van der Waals surface area contributed by atoms with Crippen molar-refractivity contribution in [3.8, 4) is 0 Å². The third kappa shape index (κ3) is 12.0. The van der Waals surface area contributed by atoms with Crippen LogP contribution in [0.1, 0.15) is 111 Å². The number of methoxy groups -OCH3 is 2. The molecule has 22 rings (SSSR count). The van der Waals surface area contributed by atoms with Crippen LogP contribution in [0.15, 0.2) is 194 Å². The highest BCUT2D eigenvalue weighted by molar-refractivity contribution is 7.20. The Morgan fingerprint density at radius 1 is 0.351 bits per heavy atom. The third-order valence-electron chi connectivity index (χ3n) is 24.2. The molecule has 0 saturated carbocycles. The molecule has 6 aliphatic rings. The van der Waals surface area contributed by atoms with Crippen molar-refractivity contribution in [3.05, 3.63) is 281 Å². The average molecular weight is 1580 g/mol. The van der Waals surface area contributed by atoms with Gasteiger partial charge in [-0.15, -0.1) is 45.3 Å². The van der Waals surface area contributed by atoms with Crippen molar-refractivity contribution in [3.63, 3.8) is 0 Å². The van der Waals surface area contributed by atoms with E-state index < -0.39 is 12.1 Å². The Kier molecular flexibility index (Phi) is 18.4. The van der Waals surface area contributed by atoms with Crippen LogP contribution in [0.3, 0.4) is 0 Å². The van der Waals surface area contributed by atoms with E-state index in [9.17, 15) is 28.8 Å². The number of ether oxygens (including phenoxy) is 2. The number of carbonyl (C=O) groups excluding carboxylic acids is 6. The third-order valence-corrected chi connectivity index (χ3v) is 29.6. The number of thiophene rings is 4. The van der Waals surface area contributed by atoms with Gasteiger partial charge in [0.25, 0.3) is 0 Å². The number of rotatable bonds is 6. The van der Waals surface area contributed by atoms with Gasteiger partial charge in [-0.05, 0) is 142 Å². The van der Waals surface area contributed by atoms with Crippen LogP contribution in [-0.2, 0) is 63.9 Å². The van der Waals surface area contributed by atoms with Crippen LogP contribution < -0.4 is 10.6 Å². The number of hydrogen-bond acceptors (Lipinski definition) is 14. The van der Waals surface area contributed by atoms with Crippen LogP contribution in [0.5, 0.6) is 0 Å². The van der Waals surface area contributed by atoms with E-state index in [1.807, 2.05) is 70.5 Å². The predicted molar refractivity (Wildman–Crippen MR) is 456 cm³/mol. The van der Waals surface area contributed by atoms with Gasteiger partial charge in [0.1, 0.15) is 36.3 Å². The molecule has 572 valence electrons. The Hall–Kier alpha value is -11.5. The first-order chi connectivity index (χ1) is 55.4. The van der Waals surface area contributed by atoms with E-state index in [2.05, 4.69) is 192 Å². The molecule has 114 heavy (non-hydrogen) atoms. The van der Waals surface area contributed by atoms with Crippen molar-refractivity contribution >= 4 is 165 Å². The van der Waals surface area contributed by atoms with Crippen LogP contribution in [0.4, 0.5) is 0 Å². The number of H-pyrrole nitrogens is 4. The smallest absolute Gasteiger partial charge is 0.323 e. The molecule has 0 aliphatic carbocycles. The van der Waals surface area contributed by atoms with E-state index in [1.165, 1.54) is 108 Å². The number of aromatic amines is 4. The van der Waals surface area contributed by atoms with Gasteiger partial charge in [-0.2, -0.15) is 0 Å². The van der Waals surface area contributed by atoms with E-state index in [4.69, 9.17) is 9.47 Å². The van der Waals surface area contributed by atoms with E-state index in [1.54, 1.807) is 69.2 Å². The minimum Gasteiger partial charge on any atom is -0.468 e. The van der Waals surface area contributed by atoms with Crippen LogP contribution in [0.2, 0.25) is 0 Å². The normalized spacial score (nSPS) is 20.4. The summed E-state index contributed by atoms with van der Waals surface area (Å²) in [5.74, 6) is -0.366. The molecule has 6 N–H and O–H groups in total. The number of carbonyl (C=O) groups is 6. The minimum absolute atomic E-state index is 0.00765. The monoisotopic (exact) mass is 1580 g/mol. The lowest BCUT2D eigenvalue weighted by molar-refractivity contribution is -0.157. The summed E-state index contributed by atoms with van der Waals surface area (Å²) >= 11 is 7.03. The van der Waals surface area contributed by atoms with Crippen LogP contribution in [-0.4, -0.2) is 141 Å². The highest BCUT2D eigenvalue weighted by Gasteiger charge is 2.51. The number of nitrogens with zero attached hydrogens (tertiary/aromatic N) is 4. The summed E-state index contributed by atoms with van der Waals surface area (Å²) in [6, 6.07) is 64.4. The quantitative estimate of drug-likeness (QED) is 0.0865. The molecule has 22 heteroatoms. The molecule has 8 aromatic heterocycles. The van der Waals surface area contributed by atoms with Crippen molar-refractivity contribution < 1.29 is 38.2 Å². The fraction of sp³-hybridized carbons (Fsp3) is 0.239. The zero-order valence-electron chi connectivity index (χ0n) is 64.0. The second-order valence-electron chi connectivity index (χ2n) is 30.6. The van der Waals surface area contributed by atoms with Gasteiger partial charge in [0.2, 0.25) is 23.6 Å². The molecule has 0 spiro atoms. The topological polar surface area (TPSA) is 221 Å². The maximum Gasteiger partial charge on any atom is 0.323 e. The van der Waals surface area contributed by atoms with E-state index in [0.717, 1.165) is 76.5 Å². The molecule has 14 heterocycles. The first-order valence-electron chi connectivity index (χ1n) is 38.5. The fourth-order valence-corrected chi connectivity index (χ4v) is 23.9. The Balaban J connectivity index is 0.000000102. The maximum atomic E-state index is 13.2. The molecule has 4 amide bonds. The summed E-state index contributed by atoms with van der Waals surface area (Å²) < 4.78 is 15.1. The van der Waals surface area contributed by atoms with Crippen LogP contribution in [0.25, 0.3) is 84.0 Å². The standard InChI is InChI=1S/2C24H21N3O2S.2C22H20N2O2S/c2*1-13-14-7-4-6-10-19(14)30-23(13)22-21-16(15-8-3-5-9-17(15)25-21)11-18-24(29)26(2)12-20(28)27(18)22;2*1-12-13-7-4-6-10-18(13)27-21(12)20-19-15(11-17(24-20)22(25)26-2)14-8-3-5-9-16(14)23-19/h2*3-10,18,22,25H,11-12H2,1-2H3;2*3-10,17,20,23-24H,11H2,1-2H3/t18-,22+;18-,22-;17-,20+;17-,20-/m1111/s1. The molecular weight excluding hydrogens is 1500 g/mol. The van der Waals surface area contributed by atoms with Gasteiger partial charge in [0.15, 0.2) is 0 Å². The van der Waals surface area contributed by atoms with Crippen LogP contribution >= 0.6 is 45.3 Å². The zero-order chi connectivity index (χ0) is 78.2. The highest BCUT2D eigenvalue weighted by Crippen LogP contribution is 2.51. The number of fused-ring (bicyclic) bond motifs is 18. The van der Waals surface area contributed by atoms with Gasteiger partial charge < -0.3 is 49.0 Å². The summed E-state index contributed by atoms with van der Waals surface area (Å²) in [6.07, 6.45) is 2.36. The number of benzene rings is 8. The van der Waals surface area contributed by atoms with E-state index in [-0.39, 0.29) is 84.9 Å². The summed E-state index contributed by atoms with van der Waals surface area (Å²) in [5, 5.41) is 16.7. The Morgan fingerprint density at radius 2 is 0.614 bits per heavy atom. The molecule has 6 aliphatic heterocycles. The second kappa shape index (κ2) is 28.9. The molecule has 2 saturated heterocycles. The molecule has 0 bridgehead atoms. The van der Waals surface area contributed by atoms with Gasteiger partial charge in [0.05, 0.1) is 39.4 Å². The zero-order valence-corrected chi connectivity index (χ0v) is 67.3. The highest BCUT2D eigenvalue weighted by atomic mass is 32.1. The summed E-state index contributed by atoms with van der Waals surface area (Å²) in [7, 11) is 6.35. The number of para-hydroxylation sites is 4. The van der Waals surface area contributed by atoms with Gasteiger partial charge >= 0.3 is 11.9 Å². The number of aryl methyl sites for hydroxylation is 4. The van der Waals surface area contributed by atoms with Gasteiger partial charge in [0, 0.05) is 144 Å². The molecule has 18 nitrogen and oxygen atoms in total. The Morgan fingerprint density at radius 3 is 0.921 bits per heavy atom. The molecule has 16 aromatic rings. The van der Waals surface area contributed by atoms with Crippen molar-refractivity contribution in [2.24, 2.45) is 0 Å². The molecular formula is C92H82N10O8S4. The minimum atomic E-state index is -0.461. The number of nitrogens with one attached hydrogen (secondary N) is 6. The molecule has 0 unspecified atom stereocenters. The number of amides is 4. The Bertz CT molecular complexity index is 6230. The van der Waals surface area contributed by atoms with Crippen LogP contribution in [0, 0.1) is 27.7 Å². The maximum absolute atomic E-state index is 13.2. The van der Waals surface area contributed by atoms with Crippen molar-refractivity contribution in [2.45, 2.75) is 102 Å². The molecule has 2 fully saturated rings. The Labute approximate surface area is 672 Å². The van der Waals surface area contributed by atoms with Gasteiger partial charge in [-0.25, -0.2) is 0 Å². The number of esters is 2. The average Bonchev–Trinajstić information content (AvgIpc) is 1.52. The summed E-state index contributed by atoms with van der Waals surface area (Å²) in [4.78, 5) is 104. The van der Waals surface area contributed by atoms with Gasteiger partial charge in [-0.1, -0.05) is 146 Å². The molecule has 0 radical (unpaired) electrons. The number of aromatic nitrogens is 4. The summed E-state index contributed by atoms with van der Waals surface area (Å²) in [5.41, 5.74) is 18.4. The number of piperazine rings is 2. The number of likely N-dealkylation sites (N-methyl/N-ethyl adjacent to an activating group) is 2. The van der Waals surface area contributed by atoms with Crippen molar-refractivity contribution in [1.82, 2.24) is 50.2 Å². The SMILES string of the molecule is COC(=O)[C@H]1Cc2c([nH]c3ccccc23)[C@@H](c2sc3ccccc3c2C)N1.COC(=O)[C@H]1Cc2c([nH]c3ccccc23)[C@H](c2sc3ccccc3c2C)N1.Cc1c([C@@H]2c3[nH]c4ccccc4c3C[C@@H]3C(=O)N(C)CC(=O)N23)sc2ccccc12.Cc1c([C@H]2c3[nH]c4ccccc4c3C[C@@H]3C(=O)N(C)CC(=O)N23)sc2ccccc12. The molecule has 8 aromatic carbocycles. The largest absolute Gasteiger partial charge is 0.468 e. The van der Waals surface area contributed by atoms with Gasteiger partial charge in [-0.3, -0.25) is 39.4 Å². The lowest BCUT2D eigenvalue weighted by Crippen LogP contribution is -2.62. The predicted octanol–water partition coefficient (Wildman–Crippen LogP) is 16.9. The van der Waals surface area contributed by atoms with Crippen molar-refractivity contribution in [2.75, 3.05) is 41.4 Å². The van der Waals surface area contributed by atoms with E-state index >= 15 is 0 Å². The fourth-order valence-electron chi connectivity index (χ4n) is 18.7. The molecule has 8 atom stereocenters. The van der Waals surface area contributed by atoms with E-state index in [0.29, 0.717) is 25.7 Å². The van der Waals surface area contributed by atoms with Crippen molar-refractivity contribution in [1.29, 1.82) is 0 Å². The number of hydrogen-bond donors (Lipinski definition) is 6. The first kappa shape index (κ1) is 72.7. The lowest BCUT2D eigenvalue weighted by Gasteiger charge is -2.46. The second-order valence-corrected chi connectivity index (χ2v) is 34.9. The first-order valence-corrected chi connectivity index (χ1v) is 41.8. The summed E-state index contributed by atoms with van der Waals surface area (Å²) in [6.45, 7) is 8.85.